The zero-order chi connectivity index (χ0) is 28.6. The van der Waals surface area contributed by atoms with Gasteiger partial charge in [0.1, 0.15) is 6.29 Å². The van der Waals surface area contributed by atoms with E-state index in [0.717, 1.165) is 41.0 Å². The maximum atomic E-state index is 12.8. The van der Waals surface area contributed by atoms with Crippen LogP contribution < -0.4 is 0 Å². The monoisotopic (exact) mass is 560 g/mol. The van der Waals surface area contributed by atoms with Gasteiger partial charge in [-0.25, -0.2) is 4.79 Å². The Morgan fingerprint density at radius 3 is 2.31 bits per heavy atom. The number of nitrogens with zero attached hydrogens (tertiary/aromatic N) is 4. The summed E-state index contributed by atoms with van der Waals surface area (Å²) in [5.41, 5.74) is 2.92. The molecular formula is C26H30F6N4O3. The van der Waals surface area contributed by atoms with Crippen molar-refractivity contribution in [3.8, 4) is 11.3 Å². The summed E-state index contributed by atoms with van der Waals surface area (Å²) in [6.07, 6.45) is -12.8. The quantitative estimate of drug-likeness (QED) is 0.327. The molecular weight excluding hydrogens is 530 g/mol. The van der Waals surface area contributed by atoms with E-state index >= 15 is 0 Å². The van der Waals surface area contributed by atoms with Crippen molar-refractivity contribution in [2.45, 2.75) is 64.2 Å². The van der Waals surface area contributed by atoms with Crippen LogP contribution in [0.3, 0.4) is 0 Å². The molecule has 1 spiro atoms. The van der Waals surface area contributed by atoms with E-state index in [1.807, 2.05) is 30.8 Å². The van der Waals surface area contributed by atoms with E-state index in [2.05, 4.69) is 9.64 Å². The SMILES string of the molecule is CC(C)n1cc(CN2CCC3(CCN(C(=O)OC(C(F)(F)F)C(F)(F)F)CC3)C2)c(-c2cccc(C=O)c2)n1. The predicted molar refractivity (Wildman–Crippen MR) is 129 cm³/mol. The number of amides is 1. The maximum Gasteiger partial charge on any atom is 0.434 e. The minimum absolute atomic E-state index is 0.0180. The van der Waals surface area contributed by atoms with Crippen LogP contribution in [-0.4, -0.2) is 76.6 Å². The number of aldehydes is 1. The molecule has 2 aromatic rings. The molecule has 2 aliphatic heterocycles. The lowest BCUT2D eigenvalue weighted by Gasteiger charge is -2.39. The van der Waals surface area contributed by atoms with Crippen molar-refractivity contribution in [1.29, 1.82) is 0 Å². The number of ether oxygens (including phenoxy) is 1. The molecule has 0 bridgehead atoms. The molecule has 0 radical (unpaired) electrons. The summed E-state index contributed by atoms with van der Waals surface area (Å²) in [4.78, 5) is 26.6. The smallest absolute Gasteiger partial charge is 0.426 e. The molecule has 0 atom stereocenters. The van der Waals surface area contributed by atoms with Crippen molar-refractivity contribution in [1.82, 2.24) is 19.6 Å². The highest BCUT2D eigenvalue weighted by atomic mass is 19.4. The number of carbonyl (C=O) groups is 2. The van der Waals surface area contributed by atoms with Crippen LogP contribution in [0.5, 0.6) is 0 Å². The van der Waals surface area contributed by atoms with Crippen LogP contribution in [0, 0.1) is 5.41 Å². The number of alkyl halides is 6. The van der Waals surface area contributed by atoms with E-state index < -0.39 is 24.5 Å². The van der Waals surface area contributed by atoms with Crippen molar-refractivity contribution in [3.05, 3.63) is 41.6 Å². The van der Waals surface area contributed by atoms with E-state index in [0.29, 0.717) is 31.5 Å². The second-order valence-electron chi connectivity index (χ2n) is 10.6. The molecule has 2 aliphatic rings. The summed E-state index contributed by atoms with van der Waals surface area (Å²) in [6.45, 7) is 6.06. The summed E-state index contributed by atoms with van der Waals surface area (Å²) in [7, 11) is 0. The highest BCUT2D eigenvalue weighted by molar-refractivity contribution is 5.78. The van der Waals surface area contributed by atoms with Gasteiger partial charge in [-0.15, -0.1) is 0 Å². The van der Waals surface area contributed by atoms with Crippen molar-refractivity contribution in [2.75, 3.05) is 26.2 Å². The highest BCUT2D eigenvalue weighted by Crippen LogP contribution is 2.42. The second-order valence-corrected chi connectivity index (χ2v) is 10.6. The number of likely N-dealkylation sites (tertiary alicyclic amines) is 2. The lowest BCUT2D eigenvalue weighted by molar-refractivity contribution is -0.308. The molecule has 1 aromatic heterocycles. The molecule has 7 nitrogen and oxygen atoms in total. The van der Waals surface area contributed by atoms with E-state index in [9.17, 15) is 35.9 Å². The van der Waals surface area contributed by atoms with Gasteiger partial charge >= 0.3 is 18.4 Å². The third kappa shape index (κ3) is 6.56. The van der Waals surface area contributed by atoms with Crippen molar-refractivity contribution in [2.24, 2.45) is 5.41 Å². The number of carbonyl (C=O) groups excluding carboxylic acids is 2. The Labute approximate surface area is 221 Å². The third-order valence-electron chi connectivity index (χ3n) is 7.44. The number of benzene rings is 1. The summed E-state index contributed by atoms with van der Waals surface area (Å²) >= 11 is 0. The minimum atomic E-state index is -5.74. The molecule has 1 amide bonds. The average Bonchev–Trinajstić information content (AvgIpc) is 3.46. The zero-order valence-electron chi connectivity index (χ0n) is 21.6. The lowest BCUT2D eigenvalue weighted by Crippen LogP contribution is -2.50. The molecule has 39 heavy (non-hydrogen) atoms. The van der Waals surface area contributed by atoms with Gasteiger partial charge in [0.25, 0.3) is 6.10 Å². The normalized spacial score (nSPS) is 18.4. The first-order valence-corrected chi connectivity index (χ1v) is 12.7. The number of hydrogen-bond acceptors (Lipinski definition) is 5. The molecule has 0 N–H and O–H groups in total. The fourth-order valence-corrected chi connectivity index (χ4v) is 5.28. The van der Waals surface area contributed by atoms with Crippen LogP contribution in [0.1, 0.15) is 55.1 Å². The van der Waals surface area contributed by atoms with Gasteiger partial charge in [-0.3, -0.25) is 14.4 Å². The van der Waals surface area contributed by atoms with E-state index in [1.54, 1.807) is 18.2 Å². The molecule has 1 aromatic carbocycles. The number of piperidine rings is 1. The third-order valence-corrected chi connectivity index (χ3v) is 7.44. The second kappa shape index (κ2) is 10.8. The van der Waals surface area contributed by atoms with Gasteiger partial charge in [-0.05, 0) is 51.1 Å². The molecule has 2 fully saturated rings. The Bertz CT molecular complexity index is 1170. The van der Waals surface area contributed by atoms with Crippen LogP contribution in [0.2, 0.25) is 0 Å². The number of halogens is 6. The van der Waals surface area contributed by atoms with Gasteiger partial charge in [0.15, 0.2) is 0 Å². The summed E-state index contributed by atoms with van der Waals surface area (Å²) in [5, 5.41) is 4.74. The summed E-state index contributed by atoms with van der Waals surface area (Å²) in [6, 6.07) is 7.31. The molecule has 0 aliphatic carbocycles. The largest absolute Gasteiger partial charge is 0.434 e. The topological polar surface area (TPSA) is 67.7 Å². The summed E-state index contributed by atoms with van der Waals surface area (Å²) < 4.78 is 82.4. The fraction of sp³-hybridized carbons (Fsp3) is 0.577. The summed E-state index contributed by atoms with van der Waals surface area (Å²) in [5.74, 6) is 0. The molecule has 4 rings (SSSR count). The number of aromatic nitrogens is 2. The first-order chi connectivity index (χ1) is 18.2. The van der Waals surface area contributed by atoms with Gasteiger partial charge in [-0.1, -0.05) is 18.2 Å². The van der Waals surface area contributed by atoms with Crippen LogP contribution in [0.4, 0.5) is 31.1 Å². The number of hydrogen-bond donors (Lipinski definition) is 0. The Hall–Kier alpha value is -3.09. The van der Waals surface area contributed by atoms with Gasteiger partial charge in [-0.2, -0.15) is 31.4 Å². The standard InChI is InChI=1S/C26H30F6N4O3/c1-17(2)36-14-20(21(33-36)19-5-3-4-18(12-19)15-37)13-34-9-6-24(16-34)7-10-35(11-8-24)23(38)39-22(25(27,28)29)26(30,31)32/h3-5,12,14-15,17,22H,6-11,13,16H2,1-2H3. The van der Waals surface area contributed by atoms with Crippen LogP contribution in [0.15, 0.2) is 30.5 Å². The molecule has 0 saturated carbocycles. The van der Waals surface area contributed by atoms with Crippen LogP contribution in [0.25, 0.3) is 11.3 Å². The Balaban J connectivity index is 1.40. The van der Waals surface area contributed by atoms with Crippen molar-refractivity contribution >= 4 is 12.4 Å². The molecule has 214 valence electrons. The first-order valence-electron chi connectivity index (χ1n) is 12.7. The van der Waals surface area contributed by atoms with Crippen LogP contribution >= 0.6 is 0 Å². The Morgan fingerprint density at radius 2 is 1.72 bits per heavy atom. The van der Waals surface area contributed by atoms with E-state index in [1.165, 1.54) is 0 Å². The van der Waals surface area contributed by atoms with Gasteiger partial charge in [0.05, 0.1) is 5.69 Å². The van der Waals surface area contributed by atoms with Gasteiger partial charge < -0.3 is 9.64 Å². The van der Waals surface area contributed by atoms with Crippen molar-refractivity contribution in [3.63, 3.8) is 0 Å². The predicted octanol–water partition coefficient (Wildman–Crippen LogP) is 5.86. The van der Waals surface area contributed by atoms with Crippen LogP contribution in [-0.2, 0) is 11.3 Å². The zero-order valence-corrected chi connectivity index (χ0v) is 21.6. The maximum absolute atomic E-state index is 12.8. The molecule has 0 unspecified atom stereocenters. The van der Waals surface area contributed by atoms with Gasteiger partial charge in [0.2, 0.25) is 0 Å². The Morgan fingerprint density at radius 1 is 1.08 bits per heavy atom. The molecule has 13 heteroatoms. The number of rotatable bonds is 6. The first kappa shape index (κ1) is 28.9. The average molecular weight is 561 g/mol. The fourth-order valence-electron chi connectivity index (χ4n) is 5.28. The molecule has 3 heterocycles. The lowest BCUT2D eigenvalue weighted by atomic mass is 9.78. The Kier molecular flexibility index (Phi) is 8.02. The van der Waals surface area contributed by atoms with E-state index in [4.69, 9.17) is 5.10 Å². The minimum Gasteiger partial charge on any atom is -0.426 e. The highest BCUT2D eigenvalue weighted by Gasteiger charge is 2.60. The van der Waals surface area contributed by atoms with Gasteiger partial charge in [0, 0.05) is 55.1 Å². The van der Waals surface area contributed by atoms with Crippen molar-refractivity contribution < 1.29 is 40.7 Å². The van der Waals surface area contributed by atoms with E-state index in [-0.39, 0.29) is 24.5 Å². The molecule has 2 saturated heterocycles.